The Morgan fingerprint density at radius 3 is 2.54 bits per heavy atom. The summed E-state index contributed by atoms with van der Waals surface area (Å²) in [5.74, 6) is 0.326. The second-order valence-corrected chi connectivity index (χ2v) is 6.32. The van der Waals surface area contributed by atoms with E-state index in [1.54, 1.807) is 0 Å². The number of carbonyl (C=O) groups excluding carboxylic acids is 1. The molecule has 1 aromatic heterocycles. The first-order valence-electron chi connectivity index (χ1n) is 8.68. The minimum absolute atomic E-state index is 0.0361. The van der Waals surface area contributed by atoms with E-state index in [9.17, 15) is 18.0 Å². The van der Waals surface area contributed by atoms with Crippen LogP contribution in [0.3, 0.4) is 0 Å². The van der Waals surface area contributed by atoms with Crippen molar-refractivity contribution in [3.05, 3.63) is 65.5 Å². The third-order valence-electron chi connectivity index (χ3n) is 4.08. The fourth-order valence-electron chi connectivity index (χ4n) is 2.63. The molecule has 0 radical (unpaired) electrons. The number of alkyl halides is 3. The van der Waals surface area contributed by atoms with Crippen LogP contribution in [0.2, 0.25) is 0 Å². The van der Waals surface area contributed by atoms with Crippen LogP contribution in [0.15, 0.2) is 53.1 Å². The van der Waals surface area contributed by atoms with E-state index in [-0.39, 0.29) is 12.1 Å². The smallest absolute Gasteiger partial charge is 0.339 e. The molecule has 2 aromatic carbocycles. The van der Waals surface area contributed by atoms with Crippen molar-refractivity contribution in [2.45, 2.75) is 32.4 Å². The molecule has 0 spiro atoms. The maximum Gasteiger partial charge on any atom is 0.418 e. The van der Waals surface area contributed by atoms with Crippen LogP contribution in [0.1, 0.15) is 29.9 Å². The summed E-state index contributed by atoms with van der Waals surface area (Å²) in [6, 6.07) is 12.5. The van der Waals surface area contributed by atoms with Crippen LogP contribution in [0.4, 0.5) is 18.9 Å². The number of benzene rings is 2. The molecule has 146 valence electrons. The minimum atomic E-state index is -4.53. The molecule has 3 rings (SSSR count). The molecule has 0 unspecified atom stereocenters. The van der Waals surface area contributed by atoms with Crippen LogP contribution >= 0.6 is 0 Å². The first-order chi connectivity index (χ1) is 13.3. The molecular weight excluding hydrogens is 371 g/mol. The number of nitrogens with zero attached hydrogens (tertiary/aromatic N) is 2. The van der Waals surface area contributed by atoms with Crippen LogP contribution in [0.5, 0.6) is 0 Å². The van der Waals surface area contributed by atoms with Gasteiger partial charge in [-0.2, -0.15) is 18.2 Å². The number of carbonyl (C=O) groups is 1. The molecule has 0 bridgehead atoms. The zero-order valence-electron chi connectivity index (χ0n) is 15.1. The number of nitrogens with one attached hydrogen (secondary N) is 1. The quantitative estimate of drug-likeness (QED) is 0.642. The molecule has 0 saturated carbocycles. The van der Waals surface area contributed by atoms with Crippen molar-refractivity contribution in [3.63, 3.8) is 0 Å². The third kappa shape index (κ3) is 4.97. The lowest BCUT2D eigenvalue weighted by molar-refractivity contribution is -0.137. The Kier molecular flexibility index (Phi) is 5.77. The molecule has 3 aromatic rings. The van der Waals surface area contributed by atoms with Gasteiger partial charge in [0.1, 0.15) is 0 Å². The maximum absolute atomic E-state index is 13.0. The van der Waals surface area contributed by atoms with Gasteiger partial charge in [0.25, 0.3) is 0 Å². The summed E-state index contributed by atoms with van der Waals surface area (Å²) in [5.41, 5.74) is 0.815. The molecule has 1 heterocycles. The van der Waals surface area contributed by atoms with Crippen LogP contribution in [-0.4, -0.2) is 16.0 Å². The van der Waals surface area contributed by atoms with Crippen molar-refractivity contribution in [2.75, 3.05) is 5.32 Å². The number of hydrogen-bond donors (Lipinski definition) is 1. The van der Waals surface area contributed by atoms with Gasteiger partial charge in [-0.05, 0) is 25.5 Å². The number of rotatable bonds is 6. The van der Waals surface area contributed by atoms with Crippen LogP contribution < -0.4 is 5.32 Å². The fourth-order valence-corrected chi connectivity index (χ4v) is 2.63. The number of aromatic nitrogens is 2. The highest BCUT2D eigenvalue weighted by molar-refractivity contribution is 5.91. The van der Waals surface area contributed by atoms with E-state index < -0.39 is 17.6 Å². The highest BCUT2D eigenvalue weighted by Crippen LogP contribution is 2.34. The lowest BCUT2D eigenvalue weighted by Crippen LogP contribution is -2.16. The van der Waals surface area contributed by atoms with Gasteiger partial charge in [-0.15, -0.1) is 0 Å². The molecule has 0 aliphatic heterocycles. The summed E-state index contributed by atoms with van der Waals surface area (Å²) < 4.78 is 44.0. The first kappa shape index (κ1) is 19.6. The molecule has 5 nitrogen and oxygen atoms in total. The van der Waals surface area contributed by atoms with Crippen molar-refractivity contribution >= 4 is 11.6 Å². The average molecular weight is 389 g/mol. The standard InChI is InChI=1S/C20H18F3N3O2/c1-13-9-11-14(12-10-13)19-25-18(28-26-19)8-4-7-17(27)24-16-6-3-2-5-15(16)20(21,22)23/h2-3,5-6,9-12H,4,7-8H2,1H3,(H,24,27). The molecule has 28 heavy (non-hydrogen) atoms. The van der Waals surface area contributed by atoms with E-state index in [0.29, 0.717) is 24.6 Å². The number of anilines is 1. The number of para-hydroxylation sites is 1. The van der Waals surface area contributed by atoms with Crippen molar-refractivity contribution in [3.8, 4) is 11.4 Å². The highest BCUT2D eigenvalue weighted by atomic mass is 19.4. The van der Waals surface area contributed by atoms with Gasteiger partial charge in [0.15, 0.2) is 0 Å². The number of amides is 1. The molecule has 0 saturated heterocycles. The number of hydrogen-bond acceptors (Lipinski definition) is 4. The third-order valence-corrected chi connectivity index (χ3v) is 4.08. The van der Waals surface area contributed by atoms with Crippen molar-refractivity contribution < 1.29 is 22.5 Å². The summed E-state index contributed by atoms with van der Waals surface area (Å²) in [6.45, 7) is 1.98. The Morgan fingerprint density at radius 1 is 1.11 bits per heavy atom. The van der Waals surface area contributed by atoms with Crippen LogP contribution in [-0.2, 0) is 17.4 Å². The van der Waals surface area contributed by atoms with E-state index >= 15 is 0 Å². The molecule has 1 N–H and O–H groups in total. The summed E-state index contributed by atoms with van der Waals surface area (Å²) in [6.07, 6.45) is -3.77. The van der Waals surface area contributed by atoms with Gasteiger partial charge >= 0.3 is 6.18 Å². The van der Waals surface area contributed by atoms with Gasteiger partial charge in [0, 0.05) is 18.4 Å². The Bertz CT molecular complexity index is 950. The minimum Gasteiger partial charge on any atom is -0.339 e. The van der Waals surface area contributed by atoms with Crippen LogP contribution in [0.25, 0.3) is 11.4 Å². The zero-order chi connectivity index (χ0) is 20.1. The van der Waals surface area contributed by atoms with E-state index in [1.165, 1.54) is 18.2 Å². The normalized spacial score (nSPS) is 11.4. The van der Waals surface area contributed by atoms with E-state index in [4.69, 9.17) is 4.52 Å². The van der Waals surface area contributed by atoms with E-state index in [0.717, 1.165) is 17.2 Å². The Hall–Kier alpha value is -3.16. The second kappa shape index (κ2) is 8.24. The summed E-state index contributed by atoms with van der Waals surface area (Å²) >= 11 is 0. The zero-order valence-corrected chi connectivity index (χ0v) is 15.1. The Morgan fingerprint density at radius 2 is 1.82 bits per heavy atom. The van der Waals surface area contributed by atoms with Gasteiger partial charge in [-0.25, -0.2) is 0 Å². The van der Waals surface area contributed by atoms with E-state index in [1.807, 2.05) is 31.2 Å². The molecule has 8 heteroatoms. The molecular formula is C20H18F3N3O2. The lowest BCUT2D eigenvalue weighted by Gasteiger charge is -2.13. The number of halogens is 3. The second-order valence-electron chi connectivity index (χ2n) is 6.32. The van der Waals surface area contributed by atoms with Crippen LogP contribution in [0, 0.1) is 6.92 Å². The Balaban J connectivity index is 1.53. The number of aryl methyl sites for hydroxylation is 2. The maximum atomic E-state index is 13.0. The van der Waals surface area contributed by atoms with Gasteiger partial charge in [0.2, 0.25) is 17.6 Å². The molecule has 0 aliphatic rings. The lowest BCUT2D eigenvalue weighted by atomic mass is 10.1. The van der Waals surface area contributed by atoms with Gasteiger partial charge < -0.3 is 9.84 Å². The highest BCUT2D eigenvalue weighted by Gasteiger charge is 2.33. The van der Waals surface area contributed by atoms with Crippen molar-refractivity contribution in [1.29, 1.82) is 0 Å². The molecule has 0 atom stereocenters. The van der Waals surface area contributed by atoms with Gasteiger partial charge in [-0.1, -0.05) is 47.1 Å². The molecule has 1 amide bonds. The molecule has 0 fully saturated rings. The summed E-state index contributed by atoms with van der Waals surface area (Å²) in [7, 11) is 0. The Labute approximate surface area is 159 Å². The van der Waals surface area contributed by atoms with Gasteiger partial charge in [-0.3, -0.25) is 4.79 Å². The topological polar surface area (TPSA) is 68.0 Å². The first-order valence-corrected chi connectivity index (χ1v) is 8.68. The van der Waals surface area contributed by atoms with Gasteiger partial charge in [0.05, 0.1) is 11.3 Å². The summed E-state index contributed by atoms with van der Waals surface area (Å²) in [4.78, 5) is 16.3. The monoisotopic (exact) mass is 389 g/mol. The predicted octanol–water partition coefficient (Wildman–Crippen LogP) is 5.03. The predicted molar refractivity (Wildman–Crippen MR) is 97.5 cm³/mol. The summed E-state index contributed by atoms with van der Waals surface area (Å²) in [5, 5.41) is 6.22. The average Bonchev–Trinajstić information content (AvgIpc) is 3.11. The van der Waals surface area contributed by atoms with Crippen molar-refractivity contribution in [2.24, 2.45) is 0 Å². The van der Waals surface area contributed by atoms with Crippen molar-refractivity contribution in [1.82, 2.24) is 10.1 Å². The van der Waals surface area contributed by atoms with E-state index in [2.05, 4.69) is 15.5 Å². The largest absolute Gasteiger partial charge is 0.418 e. The SMILES string of the molecule is Cc1ccc(-c2noc(CCCC(=O)Nc3ccccc3C(F)(F)F)n2)cc1. The molecule has 0 aliphatic carbocycles. The fraction of sp³-hybridized carbons (Fsp3) is 0.250.